The maximum atomic E-state index is 12.6. The molecule has 1 saturated heterocycles. The van der Waals surface area contributed by atoms with Crippen LogP contribution in [0.4, 0.5) is 5.69 Å². The lowest BCUT2D eigenvalue weighted by molar-refractivity contribution is -0.130. The Morgan fingerprint density at radius 2 is 2.15 bits per heavy atom. The lowest BCUT2D eigenvalue weighted by atomic mass is 9.78. The molecule has 20 heavy (non-hydrogen) atoms. The molecule has 5 heteroatoms. The van der Waals surface area contributed by atoms with Gasteiger partial charge in [0.1, 0.15) is 5.75 Å². The van der Waals surface area contributed by atoms with Crippen molar-refractivity contribution in [2.24, 2.45) is 5.41 Å². The van der Waals surface area contributed by atoms with Gasteiger partial charge in [-0.25, -0.2) is 0 Å². The number of benzene rings is 1. The van der Waals surface area contributed by atoms with Gasteiger partial charge in [0, 0.05) is 18.9 Å². The minimum absolute atomic E-state index is 0.0379. The molecule has 2 rings (SSSR count). The number of carbonyl (C=O) groups excluding carboxylic acids is 1. The predicted octanol–water partition coefficient (Wildman–Crippen LogP) is 1.66. The molecule has 1 aromatic carbocycles. The minimum Gasteiger partial charge on any atom is -0.508 e. The summed E-state index contributed by atoms with van der Waals surface area (Å²) in [6.07, 6.45) is 1.51. The molecule has 0 bridgehead atoms. The Balaban J connectivity index is 2.13. The lowest BCUT2D eigenvalue weighted by Gasteiger charge is -2.35. The first kappa shape index (κ1) is 14.8. The number of rotatable bonds is 4. The first-order valence-electron chi connectivity index (χ1n) is 6.88. The zero-order valence-electron chi connectivity index (χ0n) is 12.0. The van der Waals surface area contributed by atoms with Crippen LogP contribution in [0.15, 0.2) is 18.2 Å². The van der Waals surface area contributed by atoms with Gasteiger partial charge in [-0.05, 0) is 44.5 Å². The Morgan fingerprint density at radius 1 is 1.45 bits per heavy atom. The molecule has 1 heterocycles. The van der Waals surface area contributed by atoms with Crippen molar-refractivity contribution < 1.29 is 14.6 Å². The highest BCUT2D eigenvalue weighted by molar-refractivity contribution is 5.95. The summed E-state index contributed by atoms with van der Waals surface area (Å²) >= 11 is 0. The molecule has 0 atom stereocenters. The van der Waals surface area contributed by atoms with Gasteiger partial charge in [-0.1, -0.05) is 6.07 Å². The first-order chi connectivity index (χ1) is 9.57. The molecule has 3 N–H and O–H groups in total. The zero-order chi connectivity index (χ0) is 14.6. The topological polar surface area (TPSA) is 70.6 Å². The number of phenols is 1. The van der Waals surface area contributed by atoms with Crippen LogP contribution in [-0.2, 0) is 9.53 Å². The summed E-state index contributed by atoms with van der Waals surface area (Å²) in [7, 11) is 1.62. The number of hydrogen-bond acceptors (Lipinski definition) is 4. The monoisotopic (exact) mass is 278 g/mol. The second-order valence-corrected chi connectivity index (χ2v) is 5.42. The number of carbonyl (C=O) groups is 1. The lowest BCUT2D eigenvalue weighted by Crippen LogP contribution is -2.47. The van der Waals surface area contributed by atoms with Crippen LogP contribution in [0, 0.1) is 12.3 Å². The van der Waals surface area contributed by atoms with E-state index in [2.05, 4.69) is 10.6 Å². The molecule has 0 aliphatic carbocycles. The van der Waals surface area contributed by atoms with Crippen LogP contribution in [0.3, 0.4) is 0 Å². The summed E-state index contributed by atoms with van der Waals surface area (Å²) < 4.78 is 5.25. The van der Waals surface area contributed by atoms with Gasteiger partial charge in [-0.3, -0.25) is 4.79 Å². The highest BCUT2D eigenvalue weighted by Crippen LogP contribution is 2.31. The first-order valence-corrected chi connectivity index (χ1v) is 6.88. The molecular formula is C15H22N2O3. The molecule has 110 valence electrons. The Bertz CT molecular complexity index is 476. The van der Waals surface area contributed by atoms with E-state index in [1.807, 2.05) is 6.92 Å². The normalized spacial score (nSPS) is 17.7. The van der Waals surface area contributed by atoms with Crippen LogP contribution in [0.2, 0.25) is 0 Å². The smallest absolute Gasteiger partial charge is 0.233 e. The summed E-state index contributed by atoms with van der Waals surface area (Å²) in [5.74, 6) is 0.151. The summed E-state index contributed by atoms with van der Waals surface area (Å²) in [5.41, 5.74) is 0.920. The van der Waals surface area contributed by atoms with Crippen LogP contribution in [0.1, 0.15) is 18.4 Å². The van der Waals surface area contributed by atoms with Crippen molar-refractivity contribution in [3.8, 4) is 5.75 Å². The molecule has 0 spiro atoms. The Hall–Kier alpha value is -1.59. The van der Waals surface area contributed by atoms with Crippen LogP contribution in [0.25, 0.3) is 0 Å². The highest BCUT2D eigenvalue weighted by Gasteiger charge is 2.39. The molecule has 1 aromatic rings. The van der Waals surface area contributed by atoms with Crippen molar-refractivity contribution in [1.29, 1.82) is 0 Å². The van der Waals surface area contributed by atoms with Crippen molar-refractivity contribution in [3.05, 3.63) is 23.8 Å². The fourth-order valence-corrected chi connectivity index (χ4v) is 2.57. The van der Waals surface area contributed by atoms with E-state index < -0.39 is 5.41 Å². The molecule has 5 nitrogen and oxygen atoms in total. The third-order valence-corrected chi connectivity index (χ3v) is 3.93. The van der Waals surface area contributed by atoms with Crippen molar-refractivity contribution >= 4 is 11.6 Å². The number of methoxy groups -OCH3 is 1. The molecule has 0 radical (unpaired) electrons. The number of aryl methyl sites for hydroxylation is 1. The standard InChI is InChI=1S/C15H22N2O3/c1-11-3-4-12(9-13(11)18)17-14(19)15(10-20-2)5-7-16-8-6-15/h3-4,9,16,18H,5-8,10H2,1-2H3,(H,17,19). The Morgan fingerprint density at radius 3 is 2.75 bits per heavy atom. The number of piperidine rings is 1. The minimum atomic E-state index is -0.486. The van der Waals surface area contributed by atoms with E-state index in [-0.39, 0.29) is 11.7 Å². The van der Waals surface area contributed by atoms with Crippen molar-refractivity contribution in [2.75, 3.05) is 32.1 Å². The second-order valence-electron chi connectivity index (χ2n) is 5.42. The SMILES string of the molecule is COCC1(C(=O)Nc2ccc(C)c(O)c2)CCNCC1. The quantitative estimate of drug-likeness (QED) is 0.783. The van der Waals surface area contributed by atoms with E-state index in [0.29, 0.717) is 12.3 Å². The number of amides is 1. The van der Waals surface area contributed by atoms with E-state index in [4.69, 9.17) is 4.74 Å². The van der Waals surface area contributed by atoms with Gasteiger partial charge < -0.3 is 20.5 Å². The fourth-order valence-electron chi connectivity index (χ4n) is 2.57. The molecule has 0 aromatic heterocycles. The summed E-state index contributed by atoms with van der Waals surface area (Å²) in [6.45, 7) is 3.87. The van der Waals surface area contributed by atoms with E-state index in [9.17, 15) is 9.90 Å². The summed E-state index contributed by atoms with van der Waals surface area (Å²) in [5, 5.41) is 15.9. The average Bonchev–Trinajstić information content (AvgIpc) is 2.44. The number of aromatic hydroxyl groups is 1. The van der Waals surface area contributed by atoms with E-state index in [1.165, 1.54) is 0 Å². The molecule has 1 fully saturated rings. The van der Waals surface area contributed by atoms with Crippen LogP contribution in [-0.4, -0.2) is 37.8 Å². The molecule has 1 amide bonds. The third kappa shape index (κ3) is 3.11. The van der Waals surface area contributed by atoms with E-state index >= 15 is 0 Å². The Kier molecular flexibility index (Phi) is 4.62. The van der Waals surface area contributed by atoms with Crippen LogP contribution >= 0.6 is 0 Å². The van der Waals surface area contributed by atoms with Crippen molar-refractivity contribution in [1.82, 2.24) is 5.32 Å². The largest absolute Gasteiger partial charge is 0.508 e. The Labute approximate surface area is 119 Å². The van der Waals surface area contributed by atoms with Crippen molar-refractivity contribution in [2.45, 2.75) is 19.8 Å². The molecule has 1 aliphatic heterocycles. The number of phenolic OH excluding ortho intramolecular Hbond substituents is 1. The summed E-state index contributed by atoms with van der Waals surface area (Å²) in [6, 6.07) is 5.17. The van der Waals surface area contributed by atoms with Gasteiger partial charge in [-0.15, -0.1) is 0 Å². The maximum absolute atomic E-state index is 12.6. The van der Waals surface area contributed by atoms with Crippen LogP contribution in [0.5, 0.6) is 5.75 Å². The zero-order valence-corrected chi connectivity index (χ0v) is 12.0. The summed E-state index contributed by atoms with van der Waals surface area (Å²) in [4.78, 5) is 12.6. The number of hydrogen-bond donors (Lipinski definition) is 3. The van der Waals surface area contributed by atoms with E-state index in [1.54, 1.807) is 25.3 Å². The highest BCUT2D eigenvalue weighted by atomic mass is 16.5. The second kappa shape index (κ2) is 6.24. The van der Waals surface area contributed by atoms with Gasteiger partial charge in [0.05, 0.1) is 12.0 Å². The number of nitrogens with one attached hydrogen (secondary N) is 2. The van der Waals surface area contributed by atoms with Gasteiger partial charge in [0.25, 0.3) is 0 Å². The average molecular weight is 278 g/mol. The van der Waals surface area contributed by atoms with Gasteiger partial charge >= 0.3 is 0 Å². The van der Waals surface area contributed by atoms with Gasteiger partial charge in [0.2, 0.25) is 5.91 Å². The van der Waals surface area contributed by atoms with Crippen LogP contribution < -0.4 is 10.6 Å². The molecule has 1 aliphatic rings. The van der Waals surface area contributed by atoms with E-state index in [0.717, 1.165) is 31.5 Å². The maximum Gasteiger partial charge on any atom is 0.233 e. The van der Waals surface area contributed by atoms with Gasteiger partial charge in [0.15, 0.2) is 0 Å². The van der Waals surface area contributed by atoms with Crippen molar-refractivity contribution in [3.63, 3.8) is 0 Å². The molecular weight excluding hydrogens is 256 g/mol. The predicted molar refractivity (Wildman–Crippen MR) is 77.9 cm³/mol. The number of anilines is 1. The van der Waals surface area contributed by atoms with Gasteiger partial charge in [-0.2, -0.15) is 0 Å². The molecule has 0 saturated carbocycles. The fraction of sp³-hybridized carbons (Fsp3) is 0.533. The molecule has 0 unspecified atom stereocenters. The number of ether oxygens (including phenoxy) is 1. The third-order valence-electron chi connectivity index (χ3n) is 3.93.